The average molecular weight is 212 g/mol. The van der Waals surface area contributed by atoms with E-state index >= 15 is 0 Å². The van der Waals surface area contributed by atoms with Crippen molar-refractivity contribution in [1.82, 2.24) is 10.6 Å². The lowest BCUT2D eigenvalue weighted by Gasteiger charge is -2.27. The van der Waals surface area contributed by atoms with Gasteiger partial charge in [0, 0.05) is 12.6 Å². The summed E-state index contributed by atoms with van der Waals surface area (Å²) in [5.74, 6) is 0.308. The Bertz CT molecular complexity index is 227. The number of amides is 1. The molecule has 1 aliphatic heterocycles. The Morgan fingerprint density at radius 1 is 1.33 bits per heavy atom. The molecule has 0 aromatic rings. The fourth-order valence-electron chi connectivity index (χ4n) is 2.49. The lowest BCUT2D eigenvalue weighted by Crippen LogP contribution is -2.43. The molecule has 86 valence electrons. The zero-order chi connectivity index (χ0) is 10.7. The van der Waals surface area contributed by atoms with Crippen LogP contribution in [0, 0.1) is 5.92 Å². The van der Waals surface area contributed by atoms with Crippen LogP contribution in [0.1, 0.15) is 32.1 Å². The van der Waals surface area contributed by atoms with Gasteiger partial charge >= 0.3 is 0 Å². The van der Waals surface area contributed by atoms with E-state index in [1.54, 1.807) is 0 Å². The fraction of sp³-hybridized carbons (Fsp3) is 0.909. The summed E-state index contributed by atoms with van der Waals surface area (Å²) in [7, 11) is 0. The molecule has 3 N–H and O–H groups in total. The number of carbonyl (C=O) groups is 1. The van der Waals surface area contributed by atoms with Gasteiger partial charge in [-0.2, -0.15) is 0 Å². The first-order valence-corrected chi connectivity index (χ1v) is 5.95. The van der Waals surface area contributed by atoms with Crippen molar-refractivity contribution >= 4 is 5.91 Å². The Labute approximate surface area is 90.4 Å². The van der Waals surface area contributed by atoms with Gasteiger partial charge in [-0.3, -0.25) is 4.79 Å². The molecule has 3 atom stereocenters. The van der Waals surface area contributed by atoms with Crippen LogP contribution >= 0.6 is 0 Å². The first-order chi connectivity index (χ1) is 7.25. The monoisotopic (exact) mass is 212 g/mol. The van der Waals surface area contributed by atoms with Gasteiger partial charge in [0.2, 0.25) is 5.91 Å². The van der Waals surface area contributed by atoms with E-state index in [2.05, 4.69) is 10.6 Å². The van der Waals surface area contributed by atoms with E-state index in [1.165, 1.54) is 0 Å². The van der Waals surface area contributed by atoms with Crippen molar-refractivity contribution in [3.05, 3.63) is 0 Å². The molecule has 1 aliphatic carbocycles. The first kappa shape index (κ1) is 10.9. The third kappa shape index (κ3) is 2.92. The standard InChI is InChI=1S/C11H20N2O2/c14-10-3-1-2-9(6-10)13-11(15)8-4-5-12-7-8/h8-10,12,14H,1-7H2,(H,13,15)/t8-,9+,10-/m0/s1. The number of carbonyl (C=O) groups excluding carboxylic acids is 1. The summed E-state index contributed by atoms with van der Waals surface area (Å²) in [6, 6.07) is 0.196. The third-order valence-electron chi connectivity index (χ3n) is 3.42. The van der Waals surface area contributed by atoms with E-state index in [1.807, 2.05) is 0 Å². The lowest BCUT2D eigenvalue weighted by atomic mass is 9.92. The van der Waals surface area contributed by atoms with E-state index < -0.39 is 0 Å². The number of rotatable bonds is 2. The van der Waals surface area contributed by atoms with E-state index in [-0.39, 0.29) is 24.0 Å². The maximum Gasteiger partial charge on any atom is 0.224 e. The smallest absolute Gasteiger partial charge is 0.224 e. The molecule has 2 rings (SSSR count). The second-order valence-corrected chi connectivity index (χ2v) is 4.72. The molecule has 0 unspecified atom stereocenters. The second kappa shape index (κ2) is 4.94. The molecule has 0 radical (unpaired) electrons. The molecule has 0 bridgehead atoms. The van der Waals surface area contributed by atoms with E-state index in [9.17, 15) is 9.90 Å². The topological polar surface area (TPSA) is 61.4 Å². The molecule has 2 aliphatic rings. The zero-order valence-electron chi connectivity index (χ0n) is 9.04. The van der Waals surface area contributed by atoms with Crippen LogP contribution < -0.4 is 10.6 Å². The van der Waals surface area contributed by atoms with Gasteiger partial charge in [0.25, 0.3) is 0 Å². The predicted molar refractivity (Wildman–Crippen MR) is 57.4 cm³/mol. The lowest BCUT2D eigenvalue weighted by molar-refractivity contribution is -0.125. The highest BCUT2D eigenvalue weighted by Gasteiger charge is 2.26. The van der Waals surface area contributed by atoms with Gasteiger partial charge < -0.3 is 15.7 Å². The summed E-state index contributed by atoms with van der Waals surface area (Å²) in [5.41, 5.74) is 0. The highest BCUT2D eigenvalue weighted by Crippen LogP contribution is 2.19. The zero-order valence-corrected chi connectivity index (χ0v) is 9.04. The number of aliphatic hydroxyl groups is 1. The van der Waals surface area contributed by atoms with Gasteiger partial charge in [-0.05, 0) is 38.6 Å². The van der Waals surface area contributed by atoms with Gasteiger partial charge in [-0.15, -0.1) is 0 Å². The van der Waals surface area contributed by atoms with Gasteiger partial charge in [-0.1, -0.05) is 0 Å². The molecule has 0 aromatic carbocycles. The maximum atomic E-state index is 11.8. The number of nitrogens with one attached hydrogen (secondary N) is 2. The number of aliphatic hydroxyl groups excluding tert-OH is 1. The molecule has 1 saturated carbocycles. The Hall–Kier alpha value is -0.610. The summed E-state index contributed by atoms with van der Waals surface area (Å²) in [6.07, 6.45) is 4.38. The Kier molecular flexibility index (Phi) is 3.59. The van der Waals surface area contributed by atoms with Crippen LogP contribution in [0.3, 0.4) is 0 Å². The van der Waals surface area contributed by atoms with Crippen molar-refractivity contribution in [2.24, 2.45) is 5.92 Å². The SMILES string of the molecule is O=C(N[C@@H]1CCC[C@H](O)C1)[C@H]1CCNC1. The molecule has 1 amide bonds. The molecule has 0 spiro atoms. The minimum atomic E-state index is -0.217. The molecular formula is C11H20N2O2. The van der Waals surface area contributed by atoms with Crippen LogP contribution in [0.2, 0.25) is 0 Å². The Morgan fingerprint density at radius 3 is 2.87 bits per heavy atom. The molecule has 2 fully saturated rings. The summed E-state index contributed by atoms with van der Waals surface area (Å²) in [5, 5.41) is 15.7. The van der Waals surface area contributed by atoms with Crippen molar-refractivity contribution < 1.29 is 9.90 Å². The highest BCUT2D eigenvalue weighted by molar-refractivity contribution is 5.79. The van der Waals surface area contributed by atoms with Crippen LogP contribution in [0.15, 0.2) is 0 Å². The minimum Gasteiger partial charge on any atom is -0.393 e. The van der Waals surface area contributed by atoms with Crippen molar-refractivity contribution in [2.75, 3.05) is 13.1 Å². The van der Waals surface area contributed by atoms with Crippen molar-refractivity contribution in [3.63, 3.8) is 0 Å². The minimum absolute atomic E-state index is 0.143. The molecule has 15 heavy (non-hydrogen) atoms. The summed E-state index contributed by atoms with van der Waals surface area (Å²) in [6.45, 7) is 1.76. The summed E-state index contributed by atoms with van der Waals surface area (Å²) in [4.78, 5) is 11.8. The first-order valence-electron chi connectivity index (χ1n) is 5.95. The van der Waals surface area contributed by atoms with Crippen LogP contribution in [-0.4, -0.2) is 36.2 Å². The predicted octanol–water partition coefficient (Wildman–Crippen LogP) is 0.0156. The number of hydrogen-bond acceptors (Lipinski definition) is 3. The number of hydrogen-bond donors (Lipinski definition) is 3. The fourth-order valence-corrected chi connectivity index (χ4v) is 2.49. The molecule has 0 aromatic heterocycles. The van der Waals surface area contributed by atoms with E-state index in [4.69, 9.17) is 0 Å². The highest BCUT2D eigenvalue weighted by atomic mass is 16.3. The maximum absolute atomic E-state index is 11.8. The van der Waals surface area contributed by atoms with Crippen molar-refractivity contribution in [2.45, 2.75) is 44.2 Å². The Morgan fingerprint density at radius 2 is 2.20 bits per heavy atom. The molecule has 4 nitrogen and oxygen atoms in total. The molecular weight excluding hydrogens is 192 g/mol. The van der Waals surface area contributed by atoms with E-state index in [0.717, 1.165) is 45.2 Å². The summed E-state index contributed by atoms with van der Waals surface area (Å²) < 4.78 is 0. The van der Waals surface area contributed by atoms with Crippen LogP contribution in [0.25, 0.3) is 0 Å². The molecule has 1 heterocycles. The molecule has 1 saturated heterocycles. The van der Waals surface area contributed by atoms with Crippen LogP contribution in [-0.2, 0) is 4.79 Å². The normalized spacial score (nSPS) is 36.5. The summed E-state index contributed by atoms with van der Waals surface area (Å²) >= 11 is 0. The van der Waals surface area contributed by atoms with E-state index in [0.29, 0.717) is 0 Å². The van der Waals surface area contributed by atoms with Gasteiger partial charge in [0.05, 0.1) is 12.0 Å². The van der Waals surface area contributed by atoms with Crippen molar-refractivity contribution in [3.8, 4) is 0 Å². The largest absolute Gasteiger partial charge is 0.393 e. The van der Waals surface area contributed by atoms with Crippen LogP contribution in [0.4, 0.5) is 0 Å². The van der Waals surface area contributed by atoms with Crippen LogP contribution in [0.5, 0.6) is 0 Å². The third-order valence-corrected chi connectivity index (χ3v) is 3.42. The van der Waals surface area contributed by atoms with Gasteiger partial charge in [0.1, 0.15) is 0 Å². The average Bonchev–Trinajstić information content (AvgIpc) is 2.70. The van der Waals surface area contributed by atoms with Gasteiger partial charge in [-0.25, -0.2) is 0 Å². The Balaban J connectivity index is 1.77. The molecule has 4 heteroatoms. The second-order valence-electron chi connectivity index (χ2n) is 4.72. The van der Waals surface area contributed by atoms with Crippen molar-refractivity contribution in [1.29, 1.82) is 0 Å². The van der Waals surface area contributed by atoms with Gasteiger partial charge in [0.15, 0.2) is 0 Å². The quantitative estimate of drug-likeness (QED) is 0.604.